The fourth-order valence-electron chi connectivity index (χ4n) is 3.31. The van der Waals surface area contributed by atoms with Crippen LogP contribution in [-0.4, -0.2) is 36.2 Å². The van der Waals surface area contributed by atoms with Gasteiger partial charge >= 0.3 is 0 Å². The average molecular weight is 390 g/mol. The molecule has 5 nitrogen and oxygen atoms in total. The van der Waals surface area contributed by atoms with Gasteiger partial charge in [0.25, 0.3) is 0 Å². The molecular weight excluding hydrogens is 364 g/mol. The Morgan fingerprint density at radius 1 is 0.897 bits per heavy atom. The molecule has 2 aromatic carbocycles. The van der Waals surface area contributed by atoms with Crippen LogP contribution >= 0.6 is 0 Å². The molecule has 1 aromatic heterocycles. The second-order valence-electron chi connectivity index (χ2n) is 7.17. The molecule has 0 aliphatic carbocycles. The van der Waals surface area contributed by atoms with E-state index in [1.54, 1.807) is 6.20 Å². The van der Waals surface area contributed by atoms with Crippen LogP contribution in [0.15, 0.2) is 66.9 Å². The van der Waals surface area contributed by atoms with Gasteiger partial charge in [0.05, 0.1) is 13.2 Å². The summed E-state index contributed by atoms with van der Waals surface area (Å²) in [5.74, 6) is 1.97. The zero-order valence-electron chi connectivity index (χ0n) is 16.7. The zero-order valence-corrected chi connectivity index (χ0v) is 16.7. The highest BCUT2D eigenvalue weighted by Crippen LogP contribution is 2.32. The molecule has 1 aliphatic rings. The maximum absolute atomic E-state index is 6.17. The van der Waals surface area contributed by atoms with Crippen molar-refractivity contribution in [1.82, 2.24) is 9.88 Å². The summed E-state index contributed by atoms with van der Waals surface area (Å²) in [7, 11) is 0. The van der Waals surface area contributed by atoms with Crippen LogP contribution < -0.4 is 9.47 Å². The maximum Gasteiger partial charge on any atom is 0.223 e. The molecule has 0 saturated heterocycles. The second-order valence-corrected chi connectivity index (χ2v) is 7.17. The van der Waals surface area contributed by atoms with Crippen LogP contribution in [0.1, 0.15) is 16.7 Å². The van der Waals surface area contributed by atoms with Crippen molar-refractivity contribution in [2.45, 2.75) is 20.0 Å². The molecule has 4 rings (SSSR count). The number of aryl methyl sites for hydroxylation is 1. The predicted octanol–water partition coefficient (Wildman–Crippen LogP) is 4.59. The standard InChI is InChI=1S/C24H26N2O3/c1-19-8-10-20(11-9-19)17-26-13-14-27-15-16-28-22-6-2-3-7-23(22)29-24-21(18-26)5-4-12-25-24/h2-12H,13-18H2,1H3. The molecule has 0 atom stereocenters. The maximum atomic E-state index is 6.17. The van der Waals surface area contributed by atoms with Crippen LogP contribution in [0, 0.1) is 6.92 Å². The Morgan fingerprint density at radius 3 is 2.59 bits per heavy atom. The fraction of sp³-hybridized carbons (Fsp3) is 0.292. The van der Waals surface area contributed by atoms with E-state index in [4.69, 9.17) is 14.2 Å². The van der Waals surface area contributed by atoms with Crippen LogP contribution in [0.4, 0.5) is 0 Å². The number of benzene rings is 2. The Bertz CT molecular complexity index is 927. The first-order chi connectivity index (χ1) is 14.3. The van der Waals surface area contributed by atoms with E-state index in [-0.39, 0.29) is 0 Å². The first kappa shape index (κ1) is 19.4. The van der Waals surface area contributed by atoms with Crippen molar-refractivity contribution in [3.63, 3.8) is 0 Å². The number of rotatable bonds is 2. The number of nitrogens with zero attached hydrogens (tertiary/aromatic N) is 2. The molecule has 2 heterocycles. The Kier molecular flexibility index (Phi) is 6.39. The number of para-hydroxylation sites is 2. The molecule has 3 aromatic rings. The van der Waals surface area contributed by atoms with Crippen LogP contribution in [0.5, 0.6) is 17.4 Å². The summed E-state index contributed by atoms with van der Waals surface area (Å²) in [6, 6.07) is 20.4. The SMILES string of the molecule is Cc1ccc(CN2CCOCCOc3ccccc3Oc3ncccc3C2)cc1. The van der Waals surface area contributed by atoms with Crippen molar-refractivity contribution in [3.05, 3.63) is 83.6 Å². The van der Waals surface area contributed by atoms with Gasteiger partial charge in [-0.1, -0.05) is 48.0 Å². The van der Waals surface area contributed by atoms with Gasteiger partial charge in [-0.15, -0.1) is 0 Å². The van der Waals surface area contributed by atoms with Crippen molar-refractivity contribution >= 4 is 0 Å². The summed E-state index contributed by atoms with van der Waals surface area (Å²) in [5, 5.41) is 0. The summed E-state index contributed by atoms with van der Waals surface area (Å²) < 4.78 is 17.8. The highest BCUT2D eigenvalue weighted by molar-refractivity contribution is 5.43. The first-order valence-electron chi connectivity index (χ1n) is 9.97. The Morgan fingerprint density at radius 2 is 1.72 bits per heavy atom. The highest BCUT2D eigenvalue weighted by atomic mass is 16.5. The predicted molar refractivity (Wildman–Crippen MR) is 112 cm³/mol. The van der Waals surface area contributed by atoms with E-state index in [2.05, 4.69) is 47.1 Å². The topological polar surface area (TPSA) is 43.8 Å². The van der Waals surface area contributed by atoms with E-state index in [1.165, 1.54) is 11.1 Å². The molecule has 0 saturated carbocycles. The molecule has 1 aliphatic heterocycles. The zero-order chi connectivity index (χ0) is 19.9. The summed E-state index contributed by atoms with van der Waals surface area (Å²) in [5.41, 5.74) is 3.58. The average Bonchev–Trinajstić information content (AvgIpc) is 2.75. The number of aromatic nitrogens is 1. The van der Waals surface area contributed by atoms with E-state index >= 15 is 0 Å². The van der Waals surface area contributed by atoms with Crippen molar-refractivity contribution in [2.75, 3.05) is 26.4 Å². The smallest absolute Gasteiger partial charge is 0.223 e. The van der Waals surface area contributed by atoms with Crippen molar-refractivity contribution in [1.29, 1.82) is 0 Å². The molecule has 29 heavy (non-hydrogen) atoms. The van der Waals surface area contributed by atoms with Crippen molar-refractivity contribution in [2.24, 2.45) is 0 Å². The Balaban J connectivity index is 1.60. The summed E-state index contributed by atoms with van der Waals surface area (Å²) in [6.07, 6.45) is 1.76. The van der Waals surface area contributed by atoms with Gasteiger partial charge in [0.1, 0.15) is 6.61 Å². The number of fused-ring (bicyclic) bond motifs is 2. The molecule has 0 bridgehead atoms. The molecule has 0 unspecified atom stereocenters. The normalized spacial score (nSPS) is 15.5. The van der Waals surface area contributed by atoms with Crippen LogP contribution in [0.2, 0.25) is 0 Å². The van der Waals surface area contributed by atoms with Crippen LogP contribution in [0.25, 0.3) is 0 Å². The lowest BCUT2D eigenvalue weighted by Crippen LogP contribution is -2.27. The quantitative estimate of drug-likeness (QED) is 0.640. The van der Waals surface area contributed by atoms with Gasteiger partial charge in [-0.3, -0.25) is 4.90 Å². The van der Waals surface area contributed by atoms with Crippen LogP contribution in [-0.2, 0) is 17.8 Å². The van der Waals surface area contributed by atoms with Crippen molar-refractivity contribution in [3.8, 4) is 17.4 Å². The van der Waals surface area contributed by atoms with Gasteiger partial charge in [-0.2, -0.15) is 0 Å². The van der Waals surface area contributed by atoms with Gasteiger partial charge in [0, 0.05) is 31.4 Å². The van der Waals surface area contributed by atoms with Crippen molar-refractivity contribution < 1.29 is 14.2 Å². The minimum Gasteiger partial charge on any atom is -0.487 e. The van der Waals surface area contributed by atoms with Gasteiger partial charge in [0.2, 0.25) is 5.88 Å². The molecule has 0 fully saturated rings. The highest BCUT2D eigenvalue weighted by Gasteiger charge is 2.15. The summed E-state index contributed by atoms with van der Waals surface area (Å²) >= 11 is 0. The van der Waals surface area contributed by atoms with E-state index in [1.807, 2.05) is 30.3 Å². The largest absolute Gasteiger partial charge is 0.487 e. The third kappa shape index (κ3) is 5.34. The Hall–Kier alpha value is -2.89. The van der Waals surface area contributed by atoms with Gasteiger partial charge < -0.3 is 14.2 Å². The summed E-state index contributed by atoms with van der Waals surface area (Å²) in [6.45, 7) is 6.15. The minimum atomic E-state index is 0.480. The fourth-order valence-corrected chi connectivity index (χ4v) is 3.31. The number of hydrogen-bond acceptors (Lipinski definition) is 5. The molecule has 0 spiro atoms. The van der Waals surface area contributed by atoms with E-state index in [9.17, 15) is 0 Å². The minimum absolute atomic E-state index is 0.480. The number of ether oxygens (including phenoxy) is 3. The van der Waals surface area contributed by atoms with Gasteiger partial charge in [-0.05, 0) is 30.7 Å². The van der Waals surface area contributed by atoms with E-state index in [0.717, 1.165) is 25.2 Å². The van der Waals surface area contributed by atoms with E-state index < -0.39 is 0 Å². The molecule has 0 amide bonds. The van der Waals surface area contributed by atoms with Gasteiger partial charge in [-0.25, -0.2) is 4.98 Å². The third-order valence-electron chi connectivity index (χ3n) is 4.86. The lowest BCUT2D eigenvalue weighted by atomic mass is 10.1. The molecule has 0 radical (unpaired) electrons. The molecule has 0 N–H and O–H groups in total. The summed E-state index contributed by atoms with van der Waals surface area (Å²) in [4.78, 5) is 6.85. The molecule has 5 heteroatoms. The van der Waals surface area contributed by atoms with Crippen LogP contribution in [0.3, 0.4) is 0 Å². The molecular formula is C24H26N2O3. The first-order valence-corrected chi connectivity index (χ1v) is 9.97. The third-order valence-corrected chi connectivity index (χ3v) is 4.86. The Labute approximate surface area is 171 Å². The van der Waals surface area contributed by atoms with E-state index in [0.29, 0.717) is 37.2 Å². The lowest BCUT2D eigenvalue weighted by molar-refractivity contribution is 0.0762. The number of hydrogen-bond donors (Lipinski definition) is 0. The lowest BCUT2D eigenvalue weighted by Gasteiger charge is -2.23. The molecule has 150 valence electrons. The number of pyridine rings is 1. The second kappa shape index (κ2) is 9.54. The monoisotopic (exact) mass is 390 g/mol. The van der Waals surface area contributed by atoms with Gasteiger partial charge in [0.15, 0.2) is 11.5 Å².